The summed E-state index contributed by atoms with van der Waals surface area (Å²) in [5.74, 6) is -2.01. The van der Waals surface area contributed by atoms with Gasteiger partial charge in [-0.25, -0.2) is 9.59 Å². The van der Waals surface area contributed by atoms with E-state index in [1.54, 1.807) is 25.9 Å². The van der Waals surface area contributed by atoms with Gasteiger partial charge in [0, 0.05) is 12.5 Å². The van der Waals surface area contributed by atoms with Gasteiger partial charge in [0.2, 0.25) is 5.91 Å². The number of carboxylic acid groups (broad SMARTS) is 1. The molecule has 0 bridgehead atoms. The number of benzene rings is 3. The summed E-state index contributed by atoms with van der Waals surface area (Å²) in [7, 11) is 3.50. The summed E-state index contributed by atoms with van der Waals surface area (Å²) in [5, 5.41) is 14.9. The zero-order valence-corrected chi connectivity index (χ0v) is 22.9. The van der Waals surface area contributed by atoms with Crippen molar-refractivity contribution in [1.29, 1.82) is 0 Å². The molecule has 1 aliphatic rings. The van der Waals surface area contributed by atoms with Crippen molar-refractivity contribution in [2.45, 2.75) is 37.6 Å². The molecule has 4 rings (SSSR count). The number of hydrogen-bond donors (Lipinski definition) is 3. The van der Waals surface area contributed by atoms with E-state index in [0.717, 1.165) is 27.8 Å². The van der Waals surface area contributed by atoms with Gasteiger partial charge in [-0.2, -0.15) is 0 Å². The number of amides is 2. The molecule has 40 heavy (non-hydrogen) atoms. The highest BCUT2D eigenvalue weighted by Crippen LogP contribution is 2.44. The molecule has 0 heterocycles. The number of carbonyl (C=O) groups excluding carboxylic acids is 2. The second-order valence-electron chi connectivity index (χ2n) is 10.1. The molecule has 0 aromatic heterocycles. The maximum atomic E-state index is 13.2. The lowest BCUT2D eigenvalue weighted by Gasteiger charge is -2.26. The van der Waals surface area contributed by atoms with Crippen LogP contribution in [0.4, 0.5) is 4.79 Å². The van der Waals surface area contributed by atoms with Crippen molar-refractivity contribution in [3.8, 4) is 11.1 Å². The molecule has 0 saturated heterocycles. The van der Waals surface area contributed by atoms with Gasteiger partial charge in [-0.15, -0.1) is 0 Å². The zero-order valence-electron chi connectivity index (χ0n) is 22.9. The fourth-order valence-corrected chi connectivity index (χ4v) is 4.87. The Hall–Kier alpha value is -4.21. The summed E-state index contributed by atoms with van der Waals surface area (Å²) in [6.07, 6.45) is -1.58. The second kappa shape index (κ2) is 13.2. The van der Waals surface area contributed by atoms with Crippen LogP contribution in [0.15, 0.2) is 78.9 Å². The molecule has 2 amide bonds. The predicted octanol–water partition coefficient (Wildman–Crippen LogP) is 3.63. The molecule has 210 valence electrons. The van der Waals surface area contributed by atoms with Crippen molar-refractivity contribution in [3.63, 3.8) is 0 Å². The number of rotatable bonds is 12. The average Bonchev–Trinajstić information content (AvgIpc) is 3.26. The van der Waals surface area contributed by atoms with Gasteiger partial charge in [0.05, 0.1) is 12.7 Å². The molecule has 1 unspecified atom stereocenters. The van der Waals surface area contributed by atoms with E-state index in [4.69, 9.17) is 9.47 Å². The molecule has 0 spiro atoms. The number of ether oxygens (including phenoxy) is 2. The van der Waals surface area contributed by atoms with Crippen LogP contribution in [0.25, 0.3) is 11.1 Å². The normalized spacial score (nSPS) is 14.5. The van der Waals surface area contributed by atoms with Crippen LogP contribution >= 0.6 is 0 Å². The minimum atomic E-state index is -1.31. The van der Waals surface area contributed by atoms with Crippen LogP contribution in [0.5, 0.6) is 0 Å². The fourth-order valence-electron chi connectivity index (χ4n) is 4.87. The summed E-state index contributed by atoms with van der Waals surface area (Å²) in [5.41, 5.74) is 5.26. The Kier molecular flexibility index (Phi) is 9.52. The Morgan fingerprint density at radius 2 is 1.45 bits per heavy atom. The SMILES string of the molecule is C[C@@H](OCc1ccccc1)[C@H](NC(=O)C(CN(C)C)NC(=O)OCC1c2ccccc2-c2ccccc21)C(=O)O. The first-order valence-electron chi connectivity index (χ1n) is 13.2. The first-order chi connectivity index (χ1) is 19.2. The van der Waals surface area contributed by atoms with Crippen LogP contribution in [0.2, 0.25) is 0 Å². The van der Waals surface area contributed by atoms with Crippen molar-refractivity contribution in [2.75, 3.05) is 27.2 Å². The largest absolute Gasteiger partial charge is 0.480 e. The minimum absolute atomic E-state index is 0.0955. The summed E-state index contributed by atoms with van der Waals surface area (Å²) in [6.45, 7) is 2.02. The number of aliphatic carboxylic acids is 1. The Balaban J connectivity index is 1.38. The lowest BCUT2D eigenvalue weighted by Crippen LogP contribution is -2.57. The number of carboxylic acids is 1. The van der Waals surface area contributed by atoms with Crippen LogP contribution in [0, 0.1) is 0 Å². The number of hydrogen-bond acceptors (Lipinski definition) is 6. The maximum absolute atomic E-state index is 13.2. The number of fused-ring (bicyclic) bond motifs is 3. The van der Waals surface area contributed by atoms with Crippen molar-refractivity contribution >= 4 is 18.0 Å². The van der Waals surface area contributed by atoms with Gasteiger partial charge in [0.1, 0.15) is 12.6 Å². The highest BCUT2D eigenvalue weighted by atomic mass is 16.5. The fraction of sp³-hybridized carbons (Fsp3) is 0.323. The maximum Gasteiger partial charge on any atom is 0.407 e. The molecular formula is C31H35N3O6. The molecule has 9 nitrogen and oxygen atoms in total. The van der Waals surface area contributed by atoms with Gasteiger partial charge in [0.25, 0.3) is 0 Å². The van der Waals surface area contributed by atoms with E-state index < -0.39 is 36.2 Å². The van der Waals surface area contributed by atoms with E-state index >= 15 is 0 Å². The second-order valence-corrected chi connectivity index (χ2v) is 10.1. The first kappa shape index (κ1) is 28.8. The lowest BCUT2D eigenvalue weighted by atomic mass is 9.98. The molecule has 0 fully saturated rings. The highest BCUT2D eigenvalue weighted by molar-refractivity contribution is 5.89. The number of alkyl carbamates (subject to hydrolysis) is 1. The summed E-state index contributed by atoms with van der Waals surface area (Å²) >= 11 is 0. The molecule has 0 aliphatic heterocycles. The molecule has 9 heteroatoms. The van der Waals surface area contributed by atoms with Crippen LogP contribution < -0.4 is 10.6 Å². The quantitative estimate of drug-likeness (QED) is 0.318. The number of carbonyl (C=O) groups is 3. The molecule has 0 radical (unpaired) electrons. The van der Waals surface area contributed by atoms with Gasteiger partial charge in [-0.05, 0) is 48.8 Å². The monoisotopic (exact) mass is 545 g/mol. The summed E-state index contributed by atoms with van der Waals surface area (Å²) < 4.78 is 11.3. The van der Waals surface area contributed by atoms with Crippen LogP contribution in [-0.2, 0) is 25.7 Å². The van der Waals surface area contributed by atoms with Gasteiger partial charge >= 0.3 is 12.1 Å². The van der Waals surface area contributed by atoms with Crippen molar-refractivity contribution in [2.24, 2.45) is 0 Å². The molecule has 1 aliphatic carbocycles. The zero-order chi connectivity index (χ0) is 28.6. The van der Waals surface area contributed by atoms with Gasteiger partial charge in [-0.3, -0.25) is 4.79 Å². The molecule has 3 aromatic carbocycles. The summed E-state index contributed by atoms with van der Waals surface area (Å²) in [4.78, 5) is 39.7. The number of likely N-dealkylation sites (N-methyl/N-ethyl adjacent to an activating group) is 1. The third-order valence-corrected chi connectivity index (χ3v) is 6.89. The Labute approximate surface area is 234 Å². The molecule has 3 atom stereocenters. The smallest absolute Gasteiger partial charge is 0.407 e. The minimum Gasteiger partial charge on any atom is -0.480 e. The van der Waals surface area contributed by atoms with Crippen LogP contribution in [-0.4, -0.2) is 73.4 Å². The average molecular weight is 546 g/mol. The third kappa shape index (κ3) is 7.05. The predicted molar refractivity (Wildman–Crippen MR) is 151 cm³/mol. The Morgan fingerprint density at radius 1 is 0.875 bits per heavy atom. The van der Waals surface area contributed by atoms with Crippen molar-refractivity contribution in [1.82, 2.24) is 15.5 Å². The Bertz CT molecular complexity index is 1280. The topological polar surface area (TPSA) is 117 Å². The van der Waals surface area contributed by atoms with Crippen LogP contribution in [0.3, 0.4) is 0 Å². The standard InChI is InChI=1S/C31H35N3O6/c1-20(39-18-21-11-5-4-6-12-21)28(30(36)37)33-29(35)27(17-34(2)3)32-31(38)40-19-26-24-15-9-7-13-22(24)23-14-8-10-16-25(23)26/h4-16,20,26-28H,17-19H2,1-3H3,(H,32,38)(H,33,35)(H,36,37)/t20-,27?,28+/m1/s1. The van der Waals surface area contributed by atoms with Crippen LogP contribution in [0.1, 0.15) is 29.5 Å². The van der Waals surface area contributed by atoms with E-state index in [2.05, 4.69) is 22.8 Å². The van der Waals surface area contributed by atoms with Gasteiger partial charge in [0.15, 0.2) is 6.04 Å². The molecule has 0 saturated carbocycles. The third-order valence-electron chi connectivity index (χ3n) is 6.89. The highest BCUT2D eigenvalue weighted by Gasteiger charge is 2.33. The summed E-state index contributed by atoms with van der Waals surface area (Å²) in [6, 6.07) is 23.0. The molecular weight excluding hydrogens is 510 g/mol. The van der Waals surface area contributed by atoms with Gasteiger partial charge in [-0.1, -0.05) is 78.9 Å². The number of nitrogens with zero attached hydrogens (tertiary/aromatic N) is 1. The molecule has 3 N–H and O–H groups in total. The van der Waals surface area contributed by atoms with E-state index in [0.29, 0.717) is 0 Å². The number of nitrogens with one attached hydrogen (secondary N) is 2. The van der Waals surface area contributed by atoms with Crippen molar-refractivity contribution in [3.05, 3.63) is 95.6 Å². The van der Waals surface area contributed by atoms with Crippen molar-refractivity contribution < 1.29 is 29.0 Å². The lowest BCUT2D eigenvalue weighted by molar-refractivity contribution is -0.146. The van der Waals surface area contributed by atoms with E-state index in [1.165, 1.54) is 0 Å². The first-order valence-corrected chi connectivity index (χ1v) is 13.2. The van der Waals surface area contributed by atoms with E-state index in [1.807, 2.05) is 66.7 Å². The molecule has 3 aromatic rings. The van der Waals surface area contributed by atoms with Gasteiger partial charge < -0.3 is 30.1 Å². The Morgan fingerprint density at radius 3 is 2.02 bits per heavy atom. The van der Waals surface area contributed by atoms with E-state index in [-0.39, 0.29) is 25.7 Å². The van der Waals surface area contributed by atoms with E-state index in [9.17, 15) is 19.5 Å².